The van der Waals surface area contributed by atoms with Gasteiger partial charge in [0.25, 0.3) is 0 Å². The molecule has 0 fully saturated rings. The zero-order valence-corrected chi connectivity index (χ0v) is 14.2. The molecule has 0 bridgehead atoms. The van der Waals surface area contributed by atoms with Gasteiger partial charge in [-0.15, -0.1) is 0 Å². The highest BCUT2D eigenvalue weighted by molar-refractivity contribution is 5.73. The summed E-state index contributed by atoms with van der Waals surface area (Å²) < 4.78 is 0. The molecule has 1 aromatic heterocycles. The van der Waals surface area contributed by atoms with Gasteiger partial charge < -0.3 is 0 Å². The topological polar surface area (TPSA) is 38.7 Å². The van der Waals surface area contributed by atoms with E-state index in [1.54, 1.807) is 12.2 Å². The summed E-state index contributed by atoms with van der Waals surface area (Å²) in [5.41, 5.74) is 4.06. The smallest absolute Gasteiger partial charge is 0.163 e. The molecule has 2 aromatic carbocycles. The van der Waals surface area contributed by atoms with E-state index in [2.05, 4.69) is 52.4 Å². The molecule has 0 aliphatic carbocycles. The van der Waals surface area contributed by atoms with Gasteiger partial charge >= 0.3 is 0 Å². The lowest BCUT2D eigenvalue weighted by molar-refractivity contribution is 0.963. The fourth-order valence-corrected chi connectivity index (χ4v) is 2.57. The summed E-state index contributed by atoms with van der Waals surface area (Å²) in [4.78, 5) is 13.5. The van der Waals surface area contributed by atoms with Gasteiger partial charge in [-0.25, -0.2) is 15.0 Å². The molecule has 0 aliphatic heterocycles. The minimum absolute atomic E-state index is 0.600. The number of benzene rings is 2. The van der Waals surface area contributed by atoms with Crippen LogP contribution >= 0.6 is 0 Å². The maximum absolute atomic E-state index is 4.62. The van der Waals surface area contributed by atoms with Crippen LogP contribution in [0.4, 0.5) is 0 Å². The Morgan fingerprint density at radius 3 is 2.28 bits per heavy atom. The fourth-order valence-electron chi connectivity index (χ4n) is 2.57. The molecule has 0 saturated carbocycles. The van der Waals surface area contributed by atoms with E-state index in [1.807, 2.05) is 43.3 Å². The Bertz CT molecular complexity index is 940. The molecule has 0 N–H and O–H groups in total. The van der Waals surface area contributed by atoms with E-state index < -0.39 is 0 Å². The average molecular weight is 325 g/mol. The van der Waals surface area contributed by atoms with Crippen molar-refractivity contribution in [2.24, 2.45) is 0 Å². The lowest BCUT2D eigenvalue weighted by Gasteiger charge is -2.08. The standard InChI is InChI=1S/C22H19N3/c1-4-10-17(5-2)21-23-16(3)24-22(25-21)20-14-9-13-19(15-20)18-11-7-6-8-12-18/h4-15H,1-2H2,3H3/b17-10+. The minimum atomic E-state index is 0.600. The van der Waals surface area contributed by atoms with Gasteiger partial charge in [0.15, 0.2) is 11.6 Å². The summed E-state index contributed by atoms with van der Waals surface area (Å²) in [5.74, 6) is 1.92. The first-order valence-corrected chi connectivity index (χ1v) is 8.05. The molecule has 0 saturated heterocycles. The number of aromatic nitrogens is 3. The molecule has 0 amide bonds. The number of hydrogen-bond acceptors (Lipinski definition) is 3. The molecule has 1 heterocycles. The monoisotopic (exact) mass is 325 g/mol. The van der Waals surface area contributed by atoms with Crippen LogP contribution in [0.2, 0.25) is 0 Å². The fraction of sp³-hybridized carbons (Fsp3) is 0.0455. The lowest BCUT2D eigenvalue weighted by atomic mass is 10.0. The number of rotatable bonds is 5. The molecule has 0 radical (unpaired) electrons. The van der Waals surface area contributed by atoms with Gasteiger partial charge in [0.2, 0.25) is 0 Å². The summed E-state index contributed by atoms with van der Waals surface area (Å²) in [6.45, 7) is 9.42. The van der Waals surface area contributed by atoms with Crippen LogP contribution in [0.1, 0.15) is 11.6 Å². The maximum Gasteiger partial charge on any atom is 0.163 e. The Morgan fingerprint density at radius 2 is 1.56 bits per heavy atom. The van der Waals surface area contributed by atoms with Gasteiger partial charge in [0, 0.05) is 11.1 Å². The summed E-state index contributed by atoms with van der Waals surface area (Å²) in [6.07, 6.45) is 5.26. The van der Waals surface area contributed by atoms with Crippen LogP contribution in [0, 0.1) is 6.92 Å². The molecule has 0 atom stereocenters. The van der Waals surface area contributed by atoms with E-state index in [-0.39, 0.29) is 0 Å². The highest BCUT2D eigenvalue weighted by atomic mass is 15.0. The average Bonchev–Trinajstić information content (AvgIpc) is 2.66. The van der Waals surface area contributed by atoms with Crippen LogP contribution in [0.25, 0.3) is 28.1 Å². The normalized spacial score (nSPS) is 11.2. The zero-order valence-electron chi connectivity index (χ0n) is 14.2. The number of nitrogens with zero attached hydrogens (tertiary/aromatic N) is 3. The summed E-state index contributed by atoms with van der Waals surface area (Å²) in [7, 11) is 0. The van der Waals surface area contributed by atoms with Crippen LogP contribution in [0.3, 0.4) is 0 Å². The van der Waals surface area contributed by atoms with Crippen LogP contribution in [-0.2, 0) is 0 Å². The van der Waals surface area contributed by atoms with E-state index >= 15 is 0 Å². The zero-order chi connectivity index (χ0) is 17.6. The van der Waals surface area contributed by atoms with Crippen molar-refractivity contribution in [1.82, 2.24) is 15.0 Å². The predicted octanol–water partition coefficient (Wildman–Crippen LogP) is 5.27. The van der Waals surface area contributed by atoms with Gasteiger partial charge in [0.05, 0.1) is 0 Å². The molecule has 3 rings (SSSR count). The van der Waals surface area contributed by atoms with Crippen molar-refractivity contribution in [1.29, 1.82) is 0 Å². The van der Waals surface area contributed by atoms with Crippen molar-refractivity contribution in [2.45, 2.75) is 6.92 Å². The minimum Gasteiger partial charge on any atom is -0.213 e. The Balaban J connectivity index is 2.08. The Labute approximate surface area is 148 Å². The van der Waals surface area contributed by atoms with Crippen LogP contribution in [0.15, 0.2) is 86.0 Å². The molecule has 3 aromatic rings. The van der Waals surface area contributed by atoms with Gasteiger partial charge in [0.1, 0.15) is 5.82 Å². The first kappa shape index (κ1) is 16.5. The molecule has 122 valence electrons. The number of allylic oxidation sites excluding steroid dienone is 4. The Kier molecular flexibility index (Phi) is 4.95. The van der Waals surface area contributed by atoms with Gasteiger partial charge in [-0.1, -0.05) is 79.9 Å². The third kappa shape index (κ3) is 3.78. The van der Waals surface area contributed by atoms with Gasteiger partial charge in [-0.2, -0.15) is 0 Å². The highest BCUT2D eigenvalue weighted by Gasteiger charge is 2.09. The summed E-state index contributed by atoms with van der Waals surface area (Å²) >= 11 is 0. The SMILES string of the molecule is C=C/C=C(\C=C)c1nc(C)nc(-c2cccc(-c3ccccc3)c2)n1. The first-order valence-electron chi connectivity index (χ1n) is 8.05. The predicted molar refractivity (Wildman–Crippen MR) is 104 cm³/mol. The van der Waals surface area contributed by atoms with Crippen molar-refractivity contribution in [3.05, 3.63) is 97.6 Å². The maximum atomic E-state index is 4.62. The highest BCUT2D eigenvalue weighted by Crippen LogP contribution is 2.25. The molecule has 3 nitrogen and oxygen atoms in total. The lowest BCUT2D eigenvalue weighted by Crippen LogP contribution is -2.01. The van der Waals surface area contributed by atoms with E-state index in [4.69, 9.17) is 0 Å². The Hall–Kier alpha value is -3.33. The van der Waals surface area contributed by atoms with E-state index in [0.717, 1.165) is 22.3 Å². The molecule has 0 unspecified atom stereocenters. The molecule has 0 aliphatic rings. The molecular formula is C22H19N3. The van der Waals surface area contributed by atoms with E-state index in [9.17, 15) is 0 Å². The van der Waals surface area contributed by atoms with E-state index in [0.29, 0.717) is 17.5 Å². The number of hydrogen-bond donors (Lipinski definition) is 0. The summed E-state index contributed by atoms with van der Waals surface area (Å²) in [5, 5.41) is 0. The number of aryl methyl sites for hydroxylation is 1. The van der Waals surface area contributed by atoms with E-state index in [1.165, 1.54) is 0 Å². The van der Waals surface area contributed by atoms with Crippen molar-refractivity contribution < 1.29 is 0 Å². The van der Waals surface area contributed by atoms with Gasteiger partial charge in [-0.05, 0) is 24.1 Å². The third-order valence-electron chi connectivity index (χ3n) is 3.75. The second-order valence-corrected chi connectivity index (χ2v) is 5.54. The summed E-state index contributed by atoms with van der Waals surface area (Å²) in [6, 6.07) is 18.5. The van der Waals surface area contributed by atoms with Crippen molar-refractivity contribution in [2.75, 3.05) is 0 Å². The quantitative estimate of drug-likeness (QED) is 0.600. The Morgan fingerprint density at radius 1 is 0.840 bits per heavy atom. The van der Waals surface area contributed by atoms with Crippen LogP contribution in [0.5, 0.6) is 0 Å². The molecule has 0 spiro atoms. The first-order chi connectivity index (χ1) is 12.2. The van der Waals surface area contributed by atoms with Gasteiger partial charge in [-0.3, -0.25) is 0 Å². The molecular weight excluding hydrogens is 306 g/mol. The molecule has 3 heteroatoms. The largest absolute Gasteiger partial charge is 0.213 e. The van der Waals surface area contributed by atoms with Crippen molar-refractivity contribution >= 4 is 5.57 Å². The van der Waals surface area contributed by atoms with Crippen molar-refractivity contribution in [3.63, 3.8) is 0 Å². The second kappa shape index (κ2) is 7.49. The molecule has 25 heavy (non-hydrogen) atoms. The third-order valence-corrected chi connectivity index (χ3v) is 3.75. The van der Waals surface area contributed by atoms with Crippen molar-refractivity contribution in [3.8, 4) is 22.5 Å². The van der Waals surface area contributed by atoms with Crippen LogP contribution in [-0.4, -0.2) is 15.0 Å². The van der Waals surface area contributed by atoms with Crippen LogP contribution < -0.4 is 0 Å². The second-order valence-electron chi connectivity index (χ2n) is 5.54.